The van der Waals surface area contributed by atoms with E-state index in [0.29, 0.717) is 28.3 Å². The number of ether oxygens (including phenoxy) is 2. The number of nitrogens with one attached hydrogen (secondary N) is 1. The second-order valence-corrected chi connectivity index (χ2v) is 5.70. The fourth-order valence-electron chi connectivity index (χ4n) is 2.08. The van der Waals surface area contributed by atoms with E-state index >= 15 is 0 Å². The van der Waals surface area contributed by atoms with Crippen molar-refractivity contribution in [3.63, 3.8) is 0 Å². The van der Waals surface area contributed by atoms with E-state index in [-0.39, 0.29) is 18.7 Å². The summed E-state index contributed by atoms with van der Waals surface area (Å²) in [5.74, 6) is 0.273. The topological polar surface area (TPSA) is 86.5 Å². The van der Waals surface area contributed by atoms with Gasteiger partial charge in [0.2, 0.25) is 5.89 Å². The van der Waals surface area contributed by atoms with Gasteiger partial charge in [0.15, 0.2) is 6.61 Å². The van der Waals surface area contributed by atoms with Crippen LogP contribution in [0.15, 0.2) is 22.6 Å². The minimum Gasteiger partial charge on any atom is -0.482 e. The normalized spacial score (nSPS) is 17.2. The van der Waals surface area contributed by atoms with Gasteiger partial charge in [-0.25, -0.2) is 0 Å². The number of hydrogen-bond acceptors (Lipinski definition) is 6. The number of halogens is 2. The van der Waals surface area contributed by atoms with Gasteiger partial charge < -0.3 is 13.9 Å². The first-order valence-corrected chi connectivity index (χ1v) is 7.70. The van der Waals surface area contributed by atoms with Crippen LogP contribution >= 0.6 is 23.2 Å². The summed E-state index contributed by atoms with van der Waals surface area (Å²) in [5, 5.41) is 10.9. The van der Waals surface area contributed by atoms with E-state index < -0.39 is 5.91 Å². The van der Waals surface area contributed by atoms with E-state index in [1.54, 1.807) is 12.1 Å². The molecule has 1 atom stereocenters. The molecule has 0 bridgehead atoms. The molecule has 0 spiro atoms. The van der Waals surface area contributed by atoms with Crippen molar-refractivity contribution in [2.75, 3.05) is 18.5 Å². The quantitative estimate of drug-likeness (QED) is 0.883. The highest BCUT2D eigenvalue weighted by Crippen LogP contribution is 2.28. The average Bonchev–Trinajstić information content (AvgIpc) is 3.17. The van der Waals surface area contributed by atoms with Crippen LogP contribution < -0.4 is 10.1 Å². The van der Waals surface area contributed by atoms with Crippen LogP contribution in [-0.2, 0) is 9.53 Å². The van der Waals surface area contributed by atoms with E-state index in [1.165, 1.54) is 6.07 Å². The number of rotatable bonds is 5. The molecule has 1 aromatic heterocycles. The lowest BCUT2D eigenvalue weighted by Crippen LogP contribution is -2.20. The maximum absolute atomic E-state index is 11.8. The Morgan fingerprint density at radius 3 is 3.00 bits per heavy atom. The molecule has 122 valence electrons. The highest BCUT2D eigenvalue weighted by molar-refractivity contribution is 6.35. The summed E-state index contributed by atoms with van der Waals surface area (Å²) in [6.07, 6.45) is 1.58. The summed E-state index contributed by atoms with van der Waals surface area (Å²) in [6.45, 7) is 0.420. The predicted molar refractivity (Wildman–Crippen MR) is 82.8 cm³/mol. The molecule has 2 aromatic rings. The first-order chi connectivity index (χ1) is 11.1. The van der Waals surface area contributed by atoms with Crippen molar-refractivity contribution in [1.29, 1.82) is 0 Å². The van der Waals surface area contributed by atoms with Gasteiger partial charge in [0.1, 0.15) is 11.9 Å². The van der Waals surface area contributed by atoms with Gasteiger partial charge in [-0.1, -0.05) is 28.3 Å². The number of hydrogen-bond donors (Lipinski definition) is 1. The lowest BCUT2D eigenvalue weighted by Gasteiger charge is -2.07. The SMILES string of the molecule is O=C(COc1ccc(Cl)cc1Cl)Nc1nnc([C@H]2CCCO2)o1. The molecule has 23 heavy (non-hydrogen) atoms. The van der Waals surface area contributed by atoms with E-state index in [9.17, 15) is 4.79 Å². The Balaban J connectivity index is 1.53. The largest absolute Gasteiger partial charge is 0.482 e. The number of nitrogens with zero attached hydrogens (tertiary/aromatic N) is 2. The van der Waals surface area contributed by atoms with Gasteiger partial charge >= 0.3 is 6.01 Å². The van der Waals surface area contributed by atoms with E-state index in [1.807, 2.05) is 0 Å². The highest BCUT2D eigenvalue weighted by atomic mass is 35.5. The third kappa shape index (κ3) is 4.13. The van der Waals surface area contributed by atoms with Gasteiger partial charge in [-0.2, -0.15) is 0 Å². The Labute approximate surface area is 141 Å². The van der Waals surface area contributed by atoms with Gasteiger partial charge in [0.25, 0.3) is 5.91 Å². The summed E-state index contributed by atoms with van der Waals surface area (Å²) in [5.41, 5.74) is 0. The monoisotopic (exact) mass is 357 g/mol. The molecular weight excluding hydrogens is 345 g/mol. The maximum Gasteiger partial charge on any atom is 0.322 e. The van der Waals surface area contributed by atoms with Crippen LogP contribution in [0.4, 0.5) is 6.01 Å². The van der Waals surface area contributed by atoms with Crippen molar-refractivity contribution in [2.45, 2.75) is 18.9 Å². The van der Waals surface area contributed by atoms with Crippen LogP contribution in [0, 0.1) is 0 Å². The van der Waals surface area contributed by atoms with Crippen molar-refractivity contribution >= 4 is 35.1 Å². The summed E-state index contributed by atoms with van der Waals surface area (Å²) in [6, 6.07) is 4.74. The number of benzene rings is 1. The minimum atomic E-state index is -0.446. The third-order valence-corrected chi connectivity index (χ3v) is 3.68. The lowest BCUT2D eigenvalue weighted by molar-refractivity contribution is -0.118. The van der Waals surface area contributed by atoms with Crippen LogP contribution in [0.3, 0.4) is 0 Å². The first-order valence-electron chi connectivity index (χ1n) is 6.94. The Bertz CT molecular complexity index is 701. The van der Waals surface area contributed by atoms with Crippen molar-refractivity contribution in [1.82, 2.24) is 10.2 Å². The molecular formula is C14H13Cl2N3O4. The highest BCUT2D eigenvalue weighted by Gasteiger charge is 2.24. The van der Waals surface area contributed by atoms with Gasteiger partial charge in [-0.3, -0.25) is 10.1 Å². The smallest absolute Gasteiger partial charge is 0.322 e. The molecule has 0 saturated carbocycles. The second-order valence-electron chi connectivity index (χ2n) is 4.86. The van der Waals surface area contributed by atoms with Crippen LogP contribution in [0.5, 0.6) is 5.75 Å². The molecule has 7 nitrogen and oxygen atoms in total. The molecule has 1 aliphatic heterocycles. The molecule has 9 heteroatoms. The van der Waals surface area contributed by atoms with Gasteiger partial charge in [-0.05, 0) is 31.0 Å². The van der Waals surface area contributed by atoms with E-state index in [0.717, 1.165) is 12.8 Å². The molecule has 1 amide bonds. The van der Waals surface area contributed by atoms with Gasteiger partial charge in [0, 0.05) is 11.6 Å². The van der Waals surface area contributed by atoms with E-state index in [2.05, 4.69) is 15.5 Å². The molecule has 0 radical (unpaired) electrons. The van der Waals surface area contributed by atoms with Crippen LogP contribution in [-0.4, -0.2) is 29.3 Å². The van der Waals surface area contributed by atoms with Crippen LogP contribution in [0.2, 0.25) is 10.0 Å². The summed E-state index contributed by atoms with van der Waals surface area (Å²) in [4.78, 5) is 11.8. The van der Waals surface area contributed by atoms with Crippen LogP contribution in [0.1, 0.15) is 24.8 Å². The molecule has 1 aliphatic rings. The van der Waals surface area contributed by atoms with Crippen LogP contribution in [0.25, 0.3) is 0 Å². The zero-order valence-electron chi connectivity index (χ0n) is 11.9. The number of carbonyl (C=O) groups excluding carboxylic acids is 1. The molecule has 0 aliphatic carbocycles. The lowest BCUT2D eigenvalue weighted by atomic mass is 10.2. The minimum absolute atomic E-state index is 0.00584. The zero-order chi connectivity index (χ0) is 16.2. The Hall–Kier alpha value is -1.83. The Kier molecular flexibility index (Phi) is 5.00. The molecule has 1 aromatic carbocycles. The average molecular weight is 358 g/mol. The predicted octanol–water partition coefficient (Wildman–Crippen LogP) is 3.25. The maximum atomic E-state index is 11.8. The number of anilines is 1. The first kappa shape index (κ1) is 16.0. The Morgan fingerprint density at radius 2 is 2.26 bits per heavy atom. The third-order valence-electron chi connectivity index (χ3n) is 3.14. The van der Waals surface area contributed by atoms with Crippen molar-refractivity contribution in [3.05, 3.63) is 34.1 Å². The van der Waals surface area contributed by atoms with Gasteiger partial charge in [0.05, 0.1) is 5.02 Å². The summed E-state index contributed by atoms with van der Waals surface area (Å²) < 4.78 is 16.1. The fraction of sp³-hybridized carbons (Fsp3) is 0.357. The van der Waals surface area contributed by atoms with Crippen molar-refractivity contribution < 1.29 is 18.7 Å². The van der Waals surface area contributed by atoms with Gasteiger partial charge in [-0.15, -0.1) is 5.10 Å². The standard InChI is InChI=1S/C14H13Cl2N3O4/c15-8-3-4-10(9(16)6-8)22-7-12(20)17-14-19-18-13(23-14)11-2-1-5-21-11/h3-4,6,11H,1-2,5,7H2,(H,17,19,20)/t11-/m1/s1. The zero-order valence-corrected chi connectivity index (χ0v) is 13.4. The molecule has 0 unspecified atom stereocenters. The summed E-state index contributed by atoms with van der Waals surface area (Å²) in [7, 11) is 0. The number of amides is 1. The molecule has 3 rings (SSSR count). The molecule has 1 N–H and O–H groups in total. The molecule has 1 saturated heterocycles. The van der Waals surface area contributed by atoms with Crippen molar-refractivity contribution in [3.8, 4) is 5.75 Å². The fourth-order valence-corrected chi connectivity index (χ4v) is 2.54. The van der Waals surface area contributed by atoms with Crippen molar-refractivity contribution in [2.24, 2.45) is 0 Å². The Morgan fingerprint density at radius 1 is 1.39 bits per heavy atom. The second kappa shape index (κ2) is 7.16. The molecule has 1 fully saturated rings. The van der Waals surface area contributed by atoms with E-state index in [4.69, 9.17) is 37.1 Å². The molecule has 2 heterocycles. The number of aromatic nitrogens is 2. The number of carbonyl (C=O) groups is 1. The summed E-state index contributed by atoms with van der Waals surface area (Å²) >= 11 is 11.7.